The molecule has 3 heteroatoms. The van der Waals surface area contributed by atoms with Crippen LogP contribution in [0.3, 0.4) is 0 Å². The summed E-state index contributed by atoms with van der Waals surface area (Å²) >= 11 is 0. The Morgan fingerprint density at radius 3 is 2.71 bits per heavy atom. The van der Waals surface area contributed by atoms with E-state index in [0.29, 0.717) is 0 Å². The van der Waals surface area contributed by atoms with Crippen molar-refractivity contribution < 1.29 is 9.53 Å². The van der Waals surface area contributed by atoms with E-state index >= 15 is 0 Å². The van der Waals surface area contributed by atoms with Gasteiger partial charge in [0, 0.05) is 6.54 Å². The zero-order valence-corrected chi connectivity index (χ0v) is 10.9. The van der Waals surface area contributed by atoms with Crippen LogP contribution in [0.25, 0.3) is 0 Å². The molecule has 0 aliphatic carbocycles. The second-order valence-corrected chi connectivity index (χ2v) is 5.46. The summed E-state index contributed by atoms with van der Waals surface area (Å²) in [6.07, 6.45) is 0.668. The monoisotopic (exact) mass is 233 g/mol. The van der Waals surface area contributed by atoms with Gasteiger partial charge in [-0.25, -0.2) is 4.79 Å². The maximum absolute atomic E-state index is 12.1. The molecular formula is C14H19NO2. The predicted molar refractivity (Wildman–Crippen MR) is 68.5 cm³/mol. The van der Waals surface area contributed by atoms with Gasteiger partial charge in [0.15, 0.2) is 0 Å². The number of hydrogen-bond donors (Lipinski definition) is 0. The van der Waals surface area contributed by atoms with Crippen LogP contribution in [0.1, 0.15) is 31.9 Å². The molecule has 0 saturated heterocycles. The molecule has 0 bridgehead atoms. The van der Waals surface area contributed by atoms with Gasteiger partial charge in [-0.2, -0.15) is 0 Å². The van der Waals surface area contributed by atoms with Crippen molar-refractivity contribution in [3.63, 3.8) is 0 Å². The zero-order chi connectivity index (χ0) is 12.6. The summed E-state index contributed by atoms with van der Waals surface area (Å²) in [6.45, 7) is 8.41. The van der Waals surface area contributed by atoms with Crippen molar-refractivity contribution in [2.45, 2.75) is 39.7 Å². The summed E-state index contributed by atoms with van der Waals surface area (Å²) in [4.78, 5) is 13.8. The third kappa shape index (κ3) is 2.43. The van der Waals surface area contributed by atoms with Crippen molar-refractivity contribution >= 4 is 11.8 Å². The van der Waals surface area contributed by atoms with E-state index in [1.165, 1.54) is 5.56 Å². The average Bonchev–Trinajstić information content (AvgIpc) is 2.60. The summed E-state index contributed by atoms with van der Waals surface area (Å²) in [5, 5.41) is 0. The van der Waals surface area contributed by atoms with Crippen LogP contribution in [0.15, 0.2) is 18.2 Å². The summed E-state index contributed by atoms with van der Waals surface area (Å²) in [5.74, 6) is 0. The first-order valence-electron chi connectivity index (χ1n) is 5.97. The molecule has 92 valence electrons. The van der Waals surface area contributed by atoms with E-state index in [0.717, 1.165) is 24.2 Å². The number of carbonyl (C=O) groups is 1. The Morgan fingerprint density at radius 1 is 1.35 bits per heavy atom. The summed E-state index contributed by atoms with van der Waals surface area (Å²) in [5.41, 5.74) is 2.95. The number of ether oxygens (including phenoxy) is 1. The molecule has 0 saturated carbocycles. The summed E-state index contributed by atoms with van der Waals surface area (Å²) < 4.78 is 5.42. The lowest BCUT2D eigenvalue weighted by atomic mass is 10.1. The van der Waals surface area contributed by atoms with Gasteiger partial charge >= 0.3 is 6.09 Å². The molecule has 1 aliphatic heterocycles. The number of fused-ring (bicyclic) bond motifs is 1. The number of para-hydroxylation sites is 1. The molecule has 1 heterocycles. The Bertz CT molecular complexity index is 446. The van der Waals surface area contributed by atoms with Gasteiger partial charge < -0.3 is 4.74 Å². The molecule has 2 rings (SSSR count). The number of hydrogen-bond acceptors (Lipinski definition) is 2. The highest BCUT2D eigenvalue weighted by atomic mass is 16.6. The Labute approximate surface area is 102 Å². The molecule has 1 aliphatic rings. The molecule has 1 amide bonds. The van der Waals surface area contributed by atoms with Gasteiger partial charge in [0.1, 0.15) is 5.60 Å². The minimum absolute atomic E-state index is 0.245. The van der Waals surface area contributed by atoms with Crippen LogP contribution >= 0.6 is 0 Å². The normalized spacial score (nSPS) is 14.7. The number of amides is 1. The molecule has 1 aromatic rings. The van der Waals surface area contributed by atoms with Crippen LogP contribution in [0.4, 0.5) is 10.5 Å². The first-order valence-corrected chi connectivity index (χ1v) is 5.97. The smallest absolute Gasteiger partial charge is 0.414 e. The van der Waals surface area contributed by atoms with Gasteiger partial charge in [-0.15, -0.1) is 0 Å². The van der Waals surface area contributed by atoms with Crippen molar-refractivity contribution in [2.24, 2.45) is 0 Å². The van der Waals surface area contributed by atoms with Crippen LogP contribution in [0, 0.1) is 6.92 Å². The Balaban J connectivity index is 2.25. The van der Waals surface area contributed by atoms with E-state index in [1.54, 1.807) is 4.90 Å². The molecule has 1 aromatic carbocycles. The predicted octanol–water partition coefficient (Wildman–Crippen LogP) is 3.29. The molecule has 0 fully saturated rings. The third-order valence-electron chi connectivity index (χ3n) is 2.81. The topological polar surface area (TPSA) is 29.5 Å². The van der Waals surface area contributed by atoms with Crippen LogP contribution in [0.2, 0.25) is 0 Å². The van der Waals surface area contributed by atoms with Crippen LogP contribution in [-0.4, -0.2) is 18.2 Å². The fourth-order valence-electron chi connectivity index (χ4n) is 2.15. The highest BCUT2D eigenvalue weighted by Gasteiger charge is 2.29. The molecule has 0 spiro atoms. The number of aryl methyl sites for hydroxylation is 1. The fourth-order valence-corrected chi connectivity index (χ4v) is 2.15. The Hall–Kier alpha value is -1.51. The Kier molecular flexibility index (Phi) is 2.86. The van der Waals surface area contributed by atoms with Gasteiger partial charge in [0.2, 0.25) is 0 Å². The highest BCUT2D eigenvalue weighted by Crippen LogP contribution is 2.32. The van der Waals surface area contributed by atoms with Gasteiger partial charge in [-0.1, -0.05) is 18.2 Å². The van der Waals surface area contributed by atoms with Crippen LogP contribution in [0.5, 0.6) is 0 Å². The zero-order valence-electron chi connectivity index (χ0n) is 10.9. The van der Waals surface area contributed by atoms with Crippen LogP contribution in [-0.2, 0) is 11.2 Å². The number of benzene rings is 1. The first kappa shape index (κ1) is 12.0. The Morgan fingerprint density at radius 2 is 2.06 bits per heavy atom. The van der Waals surface area contributed by atoms with Gasteiger partial charge in [0.25, 0.3) is 0 Å². The molecular weight excluding hydrogens is 214 g/mol. The second-order valence-electron chi connectivity index (χ2n) is 5.46. The SMILES string of the molecule is Cc1cccc2c1N(C(=O)OC(C)(C)C)CC2. The fraction of sp³-hybridized carbons (Fsp3) is 0.500. The van der Waals surface area contributed by atoms with Crippen molar-refractivity contribution in [1.29, 1.82) is 0 Å². The second kappa shape index (κ2) is 4.06. The maximum atomic E-state index is 12.1. The van der Waals surface area contributed by atoms with E-state index in [2.05, 4.69) is 6.07 Å². The maximum Gasteiger partial charge on any atom is 0.414 e. The molecule has 0 radical (unpaired) electrons. The summed E-state index contributed by atoms with van der Waals surface area (Å²) in [6, 6.07) is 6.14. The largest absolute Gasteiger partial charge is 0.443 e. The molecule has 0 unspecified atom stereocenters. The molecule has 0 atom stereocenters. The lowest BCUT2D eigenvalue weighted by molar-refractivity contribution is 0.0584. The average molecular weight is 233 g/mol. The highest BCUT2D eigenvalue weighted by molar-refractivity contribution is 5.91. The van der Waals surface area contributed by atoms with Crippen molar-refractivity contribution in [2.75, 3.05) is 11.4 Å². The van der Waals surface area contributed by atoms with Crippen molar-refractivity contribution in [1.82, 2.24) is 0 Å². The quantitative estimate of drug-likeness (QED) is 0.688. The minimum atomic E-state index is -0.442. The number of anilines is 1. The van der Waals surface area contributed by atoms with E-state index in [-0.39, 0.29) is 6.09 Å². The molecule has 0 N–H and O–H groups in total. The van der Waals surface area contributed by atoms with E-state index in [1.807, 2.05) is 39.8 Å². The van der Waals surface area contributed by atoms with Gasteiger partial charge in [-0.3, -0.25) is 4.90 Å². The summed E-state index contributed by atoms with van der Waals surface area (Å²) in [7, 11) is 0. The number of nitrogens with zero attached hydrogens (tertiary/aromatic N) is 1. The molecule has 0 aromatic heterocycles. The van der Waals surface area contributed by atoms with Crippen molar-refractivity contribution in [3.8, 4) is 0 Å². The van der Waals surface area contributed by atoms with Gasteiger partial charge in [0.05, 0.1) is 5.69 Å². The third-order valence-corrected chi connectivity index (χ3v) is 2.81. The standard InChI is InChI=1S/C14H19NO2/c1-10-6-5-7-11-8-9-15(12(10)11)13(16)17-14(2,3)4/h5-7H,8-9H2,1-4H3. The minimum Gasteiger partial charge on any atom is -0.443 e. The first-order chi connectivity index (χ1) is 7.88. The molecule has 17 heavy (non-hydrogen) atoms. The molecule has 3 nitrogen and oxygen atoms in total. The van der Waals surface area contributed by atoms with Gasteiger partial charge in [-0.05, 0) is 45.2 Å². The van der Waals surface area contributed by atoms with Crippen molar-refractivity contribution in [3.05, 3.63) is 29.3 Å². The van der Waals surface area contributed by atoms with Crippen LogP contribution < -0.4 is 4.90 Å². The lowest BCUT2D eigenvalue weighted by Gasteiger charge is -2.25. The number of rotatable bonds is 0. The lowest BCUT2D eigenvalue weighted by Crippen LogP contribution is -2.36. The van der Waals surface area contributed by atoms with E-state index in [9.17, 15) is 4.79 Å². The number of carbonyl (C=O) groups excluding carboxylic acids is 1. The van der Waals surface area contributed by atoms with E-state index < -0.39 is 5.60 Å². The van der Waals surface area contributed by atoms with E-state index in [4.69, 9.17) is 4.74 Å².